The lowest BCUT2D eigenvalue weighted by Gasteiger charge is -2.22. The second-order valence-electron chi connectivity index (χ2n) is 5.80. The Labute approximate surface area is 147 Å². The van der Waals surface area contributed by atoms with Crippen molar-refractivity contribution in [2.75, 3.05) is 5.32 Å². The number of amides is 3. The Morgan fingerprint density at radius 1 is 1.08 bits per heavy atom. The van der Waals surface area contributed by atoms with Crippen LogP contribution in [-0.4, -0.2) is 18.0 Å². The van der Waals surface area contributed by atoms with Crippen LogP contribution in [-0.2, 0) is 4.79 Å². The van der Waals surface area contributed by atoms with Gasteiger partial charge in [0.2, 0.25) is 5.91 Å². The van der Waals surface area contributed by atoms with Crippen LogP contribution < -0.4 is 21.1 Å². The summed E-state index contributed by atoms with van der Waals surface area (Å²) in [4.78, 5) is 23.7. The van der Waals surface area contributed by atoms with E-state index in [2.05, 4.69) is 10.6 Å². The first-order chi connectivity index (χ1) is 12.0. The molecule has 2 rings (SSSR count). The maximum atomic E-state index is 12.5. The van der Waals surface area contributed by atoms with Crippen LogP contribution in [0.3, 0.4) is 0 Å². The lowest BCUT2D eigenvalue weighted by atomic mass is 9.98. The van der Waals surface area contributed by atoms with E-state index in [-0.39, 0.29) is 11.8 Å². The lowest BCUT2D eigenvalue weighted by Crippen LogP contribution is -2.49. The summed E-state index contributed by atoms with van der Waals surface area (Å²) in [6.45, 7) is 3.83. The Balaban J connectivity index is 2.09. The zero-order valence-electron chi connectivity index (χ0n) is 14.4. The molecule has 6 nitrogen and oxygen atoms in total. The van der Waals surface area contributed by atoms with Crippen LogP contribution in [0.15, 0.2) is 54.6 Å². The van der Waals surface area contributed by atoms with Crippen molar-refractivity contribution in [3.8, 4) is 11.5 Å². The average Bonchev–Trinajstić information content (AvgIpc) is 2.60. The van der Waals surface area contributed by atoms with E-state index in [0.717, 1.165) is 6.42 Å². The number of para-hydroxylation sites is 1. The smallest absolute Gasteiger partial charge is 0.312 e. The normalized spacial score (nSPS) is 12.7. The first-order valence-electron chi connectivity index (χ1n) is 8.19. The summed E-state index contributed by atoms with van der Waals surface area (Å²) in [5.41, 5.74) is 5.76. The maximum absolute atomic E-state index is 12.5. The Morgan fingerprint density at radius 3 is 2.40 bits per heavy atom. The standard InChI is InChI=1S/C19H23N3O3/c1-3-13(2)17(22-19(20)24)18(23)21-14-8-7-11-16(12-14)25-15-9-5-4-6-10-15/h4-13,17H,3H2,1-2H3,(H,21,23)(H3,20,22,24). The second kappa shape index (κ2) is 8.73. The van der Waals surface area contributed by atoms with E-state index in [9.17, 15) is 9.59 Å². The van der Waals surface area contributed by atoms with Crippen LogP contribution in [0.25, 0.3) is 0 Å². The van der Waals surface area contributed by atoms with Crippen molar-refractivity contribution in [2.24, 2.45) is 11.7 Å². The van der Waals surface area contributed by atoms with E-state index in [0.29, 0.717) is 17.2 Å². The highest BCUT2D eigenvalue weighted by atomic mass is 16.5. The summed E-state index contributed by atoms with van der Waals surface area (Å²) >= 11 is 0. The predicted molar refractivity (Wildman–Crippen MR) is 97.5 cm³/mol. The van der Waals surface area contributed by atoms with Crippen LogP contribution in [0.2, 0.25) is 0 Å². The molecule has 6 heteroatoms. The van der Waals surface area contributed by atoms with E-state index in [1.807, 2.05) is 44.2 Å². The number of nitrogens with one attached hydrogen (secondary N) is 2. The first kappa shape index (κ1) is 18.3. The molecule has 2 aromatic carbocycles. The van der Waals surface area contributed by atoms with Crippen LogP contribution in [0.4, 0.5) is 10.5 Å². The van der Waals surface area contributed by atoms with E-state index in [4.69, 9.17) is 10.5 Å². The number of ether oxygens (including phenoxy) is 1. The molecule has 0 saturated carbocycles. The molecule has 0 aromatic heterocycles. The molecule has 2 unspecified atom stereocenters. The molecular formula is C19H23N3O3. The number of anilines is 1. The molecule has 2 aromatic rings. The van der Waals surface area contributed by atoms with Crippen molar-refractivity contribution in [3.63, 3.8) is 0 Å². The molecule has 0 aliphatic heterocycles. The number of hydrogen-bond donors (Lipinski definition) is 3. The van der Waals surface area contributed by atoms with Crippen LogP contribution in [0.5, 0.6) is 11.5 Å². The Hall–Kier alpha value is -3.02. The molecule has 0 fully saturated rings. The third kappa shape index (κ3) is 5.53. The first-order valence-corrected chi connectivity index (χ1v) is 8.19. The van der Waals surface area contributed by atoms with Gasteiger partial charge < -0.3 is 21.1 Å². The minimum Gasteiger partial charge on any atom is -0.457 e. The topological polar surface area (TPSA) is 93.5 Å². The highest BCUT2D eigenvalue weighted by Crippen LogP contribution is 2.24. The van der Waals surface area contributed by atoms with Crippen molar-refractivity contribution in [1.82, 2.24) is 5.32 Å². The monoisotopic (exact) mass is 341 g/mol. The third-order valence-electron chi connectivity index (χ3n) is 3.87. The van der Waals surface area contributed by atoms with Gasteiger partial charge >= 0.3 is 6.03 Å². The van der Waals surface area contributed by atoms with Gasteiger partial charge in [-0.15, -0.1) is 0 Å². The highest BCUT2D eigenvalue weighted by molar-refractivity contribution is 5.97. The van der Waals surface area contributed by atoms with Gasteiger partial charge in [0, 0.05) is 11.8 Å². The summed E-state index contributed by atoms with van der Waals surface area (Å²) in [5, 5.41) is 5.30. The number of carbonyl (C=O) groups excluding carboxylic acids is 2. The van der Waals surface area contributed by atoms with Crippen molar-refractivity contribution in [3.05, 3.63) is 54.6 Å². The molecule has 25 heavy (non-hydrogen) atoms. The predicted octanol–water partition coefficient (Wildman–Crippen LogP) is 3.50. The van der Waals surface area contributed by atoms with E-state index in [1.54, 1.807) is 24.3 Å². The molecule has 3 amide bonds. The fraction of sp³-hybridized carbons (Fsp3) is 0.263. The number of carbonyl (C=O) groups is 2. The number of primary amides is 1. The van der Waals surface area contributed by atoms with E-state index in [1.165, 1.54) is 0 Å². The minimum atomic E-state index is -0.721. The fourth-order valence-electron chi connectivity index (χ4n) is 2.34. The lowest BCUT2D eigenvalue weighted by molar-refractivity contribution is -0.119. The van der Waals surface area contributed by atoms with Gasteiger partial charge in [0.05, 0.1) is 0 Å². The molecule has 4 N–H and O–H groups in total. The van der Waals surface area contributed by atoms with Gasteiger partial charge in [-0.25, -0.2) is 4.79 Å². The summed E-state index contributed by atoms with van der Waals surface area (Å²) in [5.74, 6) is 0.951. The van der Waals surface area contributed by atoms with Crippen molar-refractivity contribution in [2.45, 2.75) is 26.3 Å². The van der Waals surface area contributed by atoms with Gasteiger partial charge in [0.25, 0.3) is 0 Å². The quantitative estimate of drug-likeness (QED) is 0.719. The molecule has 0 saturated heterocycles. The molecule has 0 spiro atoms. The summed E-state index contributed by atoms with van der Waals surface area (Å²) < 4.78 is 5.75. The minimum absolute atomic E-state index is 0.0451. The average molecular weight is 341 g/mol. The largest absolute Gasteiger partial charge is 0.457 e. The van der Waals surface area contributed by atoms with Gasteiger partial charge in [-0.2, -0.15) is 0 Å². The van der Waals surface area contributed by atoms with Gasteiger partial charge in [-0.1, -0.05) is 44.5 Å². The zero-order valence-corrected chi connectivity index (χ0v) is 14.4. The molecule has 132 valence electrons. The maximum Gasteiger partial charge on any atom is 0.312 e. The fourth-order valence-corrected chi connectivity index (χ4v) is 2.34. The molecule has 2 atom stereocenters. The van der Waals surface area contributed by atoms with Crippen molar-refractivity contribution < 1.29 is 14.3 Å². The number of nitrogens with two attached hydrogens (primary N) is 1. The van der Waals surface area contributed by atoms with Gasteiger partial charge in [-0.05, 0) is 30.2 Å². The Kier molecular flexibility index (Phi) is 6.39. The van der Waals surface area contributed by atoms with Crippen molar-refractivity contribution in [1.29, 1.82) is 0 Å². The molecule has 0 aliphatic carbocycles. The number of urea groups is 1. The number of benzene rings is 2. The van der Waals surface area contributed by atoms with Gasteiger partial charge in [0.1, 0.15) is 17.5 Å². The summed E-state index contributed by atoms with van der Waals surface area (Å²) in [6, 6.07) is 15.0. The molecule has 0 heterocycles. The zero-order chi connectivity index (χ0) is 18.2. The summed E-state index contributed by atoms with van der Waals surface area (Å²) in [6.07, 6.45) is 0.732. The number of rotatable bonds is 7. The van der Waals surface area contributed by atoms with Crippen LogP contribution in [0.1, 0.15) is 20.3 Å². The molecule has 0 radical (unpaired) electrons. The van der Waals surface area contributed by atoms with E-state index >= 15 is 0 Å². The van der Waals surface area contributed by atoms with Gasteiger partial charge in [-0.3, -0.25) is 4.79 Å². The Morgan fingerprint density at radius 2 is 1.76 bits per heavy atom. The van der Waals surface area contributed by atoms with Gasteiger partial charge in [0.15, 0.2) is 0 Å². The molecular weight excluding hydrogens is 318 g/mol. The molecule has 0 aliphatic rings. The highest BCUT2D eigenvalue weighted by Gasteiger charge is 2.25. The number of hydrogen-bond acceptors (Lipinski definition) is 3. The second-order valence-corrected chi connectivity index (χ2v) is 5.80. The molecule has 0 bridgehead atoms. The Bertz CT molecular complexity index is 719. The van der Waals surface area contributed by atoms with Crippen molar-refractivity contribution >= 4 is 17.6 Å². The van der Waals surface area contributed by atoms with Crippen LogP contribution in [0, 0.1) is 5.92 Å². The van der Waals surface area contributed by atoms with E-state index < -0.39 is 12.1 Å². The third-order valence-corrected chi connectivity index (χ3v) is 3.87. The van der Waals surface area contributed by atoms with Crippen LogP contribution >= 0.6 is 0 Å². The SMILES string of the molecule is CCC(C)C(NC(N)=O)C(=O)Nc1cccc(Oc2ccccc2)c1. The summed E-state index contributed by atoms with van der Waals surface area (Å²) in [7, 11) is 0.